The molecular weight excluding hydrogens is 148 g/mol. The second-order valence-electron chi connectivity index (χ2n) is 2.52. The zero-order valence-electron chi connectivity index (χ0n) is 6.33. The SMILES string of the molecule is CCC(S)CC(C)C(=O)[O-]. The Labute approximate surface area is 67.0 Å². The summed E-state index contributed by atoms with van der Waals surface area (Å²) in [6.07, 6.45) is 1.50. The van der Waals surface area contributed by atoms with Crippen molar-refractivity contribution in [2.45, 2.75) is 31.9 Å². The molecule has 0 radical (unpaired) electrons. The Morgan fingerprint density at radius 2 is 2.20 bits per heavy atom. The van der Waals surface area contributed by atoms with Gasteiger partial charge in [0, 0.05) is 11.2 Å². The zero-order valence-corrected chi connectivity index (χ0v) is 7.23. The van der Waals surface area contributed by atoms with Crippen LogP contribution in [0.3, 0.4) is 0 Å². The third-order valence-electron chi connectivity index (χ3n) is 1.50. The molecular formula is C7H13O2S-. The Bertz CT molecular complexity index is 114. The van der Waals surface area contributed by atoms with Crippen LogP contribution in [0.1, 0.15) is 26.7 Å². The largest absolute Gasteiger partial charge is 0.550 e. The highest BCUT2D eigenvalue weighted by atomic mass is 32.1. The lowest BCUT2D eigenvalue weighted by molar-refractivity contribution is -0.311. The van der Waals surface area contributed by atoms with Crippen LogP contribution in [-0.2, 0) is 4.79 Å². The van der Waals surface area contributed by atoms with E-state index in [2.05, 4.69) is 12.6 Å². The molecule has 2 atom stereocenters. The summed E-state index contributed by atoms with van der Waals surface area (Å²) in [5.41, 5.74) is 0. The van der Waals surface area contributed by atoms with E-state index in [0.29, 0.717) is 6.42 Å². The first kappa shape index (κ1) is 9.82. The lowest BCUT2D eigenvalue weighted by atomic mass is 10.0. The first-order chi connectivity index (χ1) is 4.57. The molecule has 0 aliphatic heterocycles. The van der Waals surface area contributed by atoms with Crippen LogP contribution in [0.25, 0.3) is 0 Å². The Balaban J connectivity index is 3.56. The van der Waals surface area contributed by atoms with Gasteiger partial charge in [-0.3, -0.25) is 0 Å². The molecule has 0 N–H and O–H groups in total. The van der Waals surface area contributed by atoms with Gasteiger partial charge < -0.3 is 9.90 Å². The number of rotatable bonds is 4. The molecule has 0 aromatic carbocycles. The van der Waals surface area contributed by atoms with Crippen molar-refractivity contribution in [1.82, 2.24) is 0 Å². The van der Waals surface area contributed by atoms with Crippen LogP contribution in [0.5, 0.6) is 0 Å². The Hall–Kier alpha value is -0.180. The highest BCUT2D eigenvalue weighted by Crippen LogP contribution is 2.12. The van der Waals surface area contributed by atoms with E-state index in [1.165, 1.54) is 0 Å². The maximum atomic E-state index is 10.2. The molecule has 2 nitrogen and oxygen atoms in total. The third-order valence-corrected chi connectivity index (χ3v) is 2.08. The average molecular weight is 161 g/mol. The number of carbonyl (C=O) groups is 1. The Morgan fingerprint density at radius 1 is 1.70 bits per heavy atom. The standard InChI is InChI=1S/C7H14O2S/c1-3-6(10)4-5(2)7(8)9/h5-6,10H,3-4H2,1-2H3,(H,8,9)/p-1. The summed E-state index contributed by atoms with van der Waals surface area (Å²) >= 11 is 4.17. The van der Waals surface area contributed by atoms with E-state index in [0.717, 1.165) is 6.42 Å². The Morgan fingerprint density at radius 3 is 2.50 bits per heavy atom. The number of thiol groups is 1. The highest BCUT2D eigenvalue weighted by Gasteiger charge is 2.07. The summed E-state index contributed by atoms with van der Waals surface area (Å²) in [6.45, 7) is 3.63. The van der Waals surface area contributed by atoms with E-state index in [1.54, 1.807) is 6.92 Å². The van der Waals surface area contributed by atoms with Crippen molar-refractivity contribution in [1.29, 1.82) is 0 Å². The van der Waals surface area contributed by atoms with Crippen molar-refractivity contribution >= 4 is 18.6 Å². The lowest BCUT2D eigenvalue weighted by Gasteiger charge is -2.15. The van der Waals surface area contributed by atoms with E-state index in [1.807, 2.05) is 6.92 Å². The molecule has 60 valence electrons. The van der Waals surface area contributed by atoms with Crippen molar-refractivity contribution in [2.75, 3.05) is 0 Å². The third kappa shape index (κ3) is 3.77. The number of carbonyl (C=O) groups excluding carboxylic acids is 1. The van der Waals surface area contributed by atoms with Crippen LogP contribution in [-0.4, -0.2) is 11.2 Å². The van der Waals surface area contributed by atoms with Crippen LogP contribution in [0.2, 0.25) is 0 Å². The molecule has 0 spiro atoms. The molecule has 10 heavy (non-hydrogen) atoms. The molecule has 3 heteroatoms. The topological polar surface area (TPSA) is 40.1 Å². The van der Waals surface area contributed by atoms with Gasteiger partial charge in [-0.25, -0.2) is 0 Å². The van der Waals surface area contributed by atoms with Gasteiger partial charge in [-0.05, 0) is 18.8 Å². The quantitative estimate of drug-likeness (QED) is 0.609. The van der Waals surface area contributed by atoms with Gasteiger partial charge in [-0.15, -0.1) is 0 Å². The number of carboxylic acids is 1. The number of carboxylic acid groups (broad SMARTS) is 1. The van der Waals surface area contributed by atoms with Gasteiger partial charge in [0.05, 0.1) is 0 Å². The zero-order chi connectivity index (χ0) is 8.15. The van der Waals surface area contributed by atoms with Crippen LogP contribution >= 0.6 is 12.6 Å². The second kappa shape index (κ2) is 4.61. The molecule has 0 aliphatic rings. The van der Waals surface area contributed by atoms with Gasteiger partial charge >= 0.3 is 0 Å². The van der Waals surface area contributed by atoms with Crippen molar-refractivity contribution in [3.63, 3.8) is 0 Å². The van der Waals surface area contributed by atoms with Crippen molar-refractivity contribution in [3.05, 3.63) is 0 Å². The van der Waals surface area contributed by atoms with E-state index in [-0.39, 0.29) is 11.2 Å². The van der Waals surface area contributed by atoms with Crippen LogP contribution in [0.4, 0.5) is 0 Å². The number of hydrogen-bond donors (Lipinski definition) is 1. The Kier molecular flexibility index (Phi) is 4.52. The monoisotopic (exact) mass is 161 g/mol. The molecule has 0 heterocycles. The molecule has 0 aromatic heterocycles. The lowest BCUT2D eigenvalue weighted by Crippen LogP contribution is -2.30. The summed E-state index contributed by atoms with van der Waals surface area (Å²) in [7, 11) is 0. The fraction of sp³-hybridized carbons (Fsp3) is 0.857. The summed E-state index contributed by atoms with van der Waals surface area (Å²) in [4.78, 5) is 10.2. The van der Waals surface area contributed by atoms with Gasteiger partial charge in [-0.1, -0.05) is 13.8 Å². The predicted molar refractivity (Wildman–Crippen MR) is 41.9 cm³/mol. The molecule has 2 unspecified atom stereocenters. The molecule has 0 aliphatic carbocycles. The van der Waals surface area contributed by atoms with Crippen LogP contribution < -0.4 is 5.11 Å². The molecule has 0 bridgehead atoms. The van der Waals surface area contributed by atoms with E-state index in [9.17, 15) is 9.90 Å². The molecule has 0 amide bonds. The molecule has 0 saturated heterocycles. The molecule has 0 saturated carbocycles. The first-order valence-corrected chi connectivity index (χ1v) is 3.98. The molecule has 0 rings (SSSR count). The van der Waals surface area contributed by atoms with Crippen molar-refractivity contribution < 1.29 is 9.90 Å². The van der Waals surface area contributed by atoms with Crippen LogP contribution in [0, 0.1) is 5.92 Å². The molecule has 0 fully saturated rings. The van der Waals surface area contributed by atoms with E-state index in [4.69, 9.17) is 0 Å². The summed E-state index contributed by atoms with van der Waals surface area (Å²) < 4.78 is 0. The maximum absolute atomic E-state index is 10.2. The van der Waals surface area contributed by atoms with Gasteiger partial charge in [-0.2, -0.15) is 12.6 Å². The smallest absolute Gasteiger partial charge is 0.0442 e. The van der Waals surface area contributed by atoms with E-state index >= 15 is 0 Å². The summed E-state index contributed by atoms with van der Waals surface area (Å²) in [5.74, 6) is -1.35. The minimum absolute atomic E-state index is 0.188. The normalized spacial score (nSPS) is 16.3. The predicted octanol–water partition coefficient (Wildman–Crippen LogP) is 0.471. The van der Waals surface area contributed by atoms with Gasteiger partial charge in [0.1, 0.15) is 0 Å². The number of hydrogen-bond acceptors (Lipinski definition) is 3. The van der Waals surface area contributed by atoms with Gasteiger partial charge in [0.15, 0.2) is 0 Å². The van der Waals surface area contributed by atoms with Gasteiger partial charge in [0.2, 0.25) is 0 Å². The van der Waals surface area contributed by atoms with Crippen molar-refractivity contribution in [3.8, 4) is 0 Å². The first-order valence-electron chi connectivity index (χ1n) is 3.46. The number of aliphatic carboxylic acids is 1. The minimum Gasteiger partial charge on any atom is -0.550 e. The summed E-state index contributed by atoms with van der Waals surface area (Å²) in [6, 6.07) is 0. The average Bonchev–Trinajstić information content (AvgIpc) is 1.87. The minimum atomic E-state index is -0.979. The van der Waals surface area contributed by atoms with E-state index < -0.39 is 5.97 Å². The second-order valence-corrected chi connectivity index (χ2v) is 3.25. The van der Waals surface area contributed by atoms with Gasteiger partial charge in [0.25, 0.3) is 0 Å². The van der Waals surface area contributed by atoms with Crippen molar-refractivity contribution in [2.24, 2.45) is 5.92 Å². The fourth-order valence-electron chi connectivity index (χ4n) is 0.671. The maximum Gasteiger partial charge on any atom is 0.0442 e. The van der Waals surface area contributed by atoms with Crippen LogP contribution in [0.15, 0.2) is 0 Å². The molecule has 0 aromatic rings. The summed E-state index contributed by atoms with van der Waals surface area (Å²) in [5, 5.41) is 10.4. The fourth-order valence-corrected chi connectivity index (χ4v) is 0.987. The highest BCUT2D eigenvalue weighted by molar-refractivity contribution is 7.80.